The molecule has 0 N–H and O–H groups in total. The van der Waals surface area contributed by atoms with Gasteiger partial charge in [-0.2, -0.15) is 0 Å². The lowest BCUT2D eigenvalue weighted by molar-refractivity contribution is -0.134. The summed E-state index contributed by atoms with van der Waals surface area (Å²) in [5.41, 5.74) is 2.33. The number of carbonyl (C=O) groups is 2. The molecule has 1 amide bonds. The molecule has 9 nitrogen and oxygen atoms in total. The number of amides is 1. The minimum Gasteiger partial charge on any atom is -0.493 e. The van der Waals surface area contributed by atoms with Crippen LogP contribution in [0, 0.1) is 19.7 Å². The number of anilines is 1. The highest BCUT2D eigenvalue weighted by molar-refractivity contribution is 5.92. The second kappa shape index (κ2) is 11.1. The predicted octanol–water partition coefficient (Wildman–Crippen LogP) is 3.52. The SMILES string of the molecule is COc1cc(C(=O)OCC(=O)N2CCN(c3ccccc3F)CC2)ccc1OCc1c(C)noc1C. The van der Waals surface area contributed by atoms with Crippen molar-refractivity contribution in [1.29, 1.82) is 0 Å². The Hall–Kier alpha value is -4.08. The molecular weight excluding hydrogens is 469 g/mol. The third-order valence-electron chi connectivity index (χ3n) is 6.10. The first-order chi connectivity index (χ1) is 17.4. The van der Waals surface area contributed by atoms with Gasteiger partial charge in [-0.05, 0) is 44.2 Å². The fourth-order valence-corrected chi connectivity index (χ4v) is 3.98. The fraction of sp³-hybridized carbons (Fsp3) is 0.346. The predicted molar refractivity (Wildman–Crippen MR) is 129 cm³/mol. The number of hydrogen-bond donors (Lipinski definition) is 0. The molecule has 2 aromatic carbocycles. The molecule has 0 bridgehead atoms. The Labute approximate surface area is 208 Å². The van der Waals surface area contributed by atoms with Crippen molar-refractivity contribution < 1.29 is 32.7 Å². The van der Waals surface area contributed by atoms with Gasteiger partial charge in [-0.3, -0.25) is 4.79 Å². The fourth-order valence-electron chi connectivity index (χ4n) is 3.98. The standard InChI is InChI=1S/C26H28FN3O6/c1-17-20(18(2)36-28-17)15-34-23-9-8-19(14-24(23)33-3)26(32)35-16-25(31)30-12-10-29(11-13-30)22-7-5-4-6-21(22)27/h4-9,14H,10-13,15-16H2,1-3H3. The maximum Gasteiger partial charge on any atom is 0.338 e. The zero-order chi connectivity index (χ0) is 25.7. The van der Waals surface area contributed by atoms with E-state index in [0.717, 1.165) is 11.3 Å². The van der Waals surface area contributed by atoms with Crippen molar-refractivity contribution in [2.24, 2.45) is 0 Å². The Morgan fingerprint density at radius 3 is 2.47 bits per heavy atom. The summed E-state index contributed by atoms with van der Waals surface area (Å²) in [6.45, 7) is 5.30. The molecule has 0 radical (unpaired) electrons. The molecule has 4 rings (SSSR count). The molecule has 0 spiro atoms. The van der Waals surface area contributed by atoms with Crippen LogP contribution in [0.5, 0.6) is 11.5 Å². The van der Waals surface area contributed by atoms with Crippen molar-refractivity contribution in [3.8, 4) is 11.5 Å². The molecule has 1 aliphatic rings. The van der Waals surface area contributed by atoms with Crippen molar-refractivity contribution in [2.45, 2.75) is 20.5 Å². The Morgan fingerprint density at radius 2 is 1.81 bits per heavy atom. The van der Waals surface area contributed by atoms with Gasteiger partial charge in [0.25, 0.3) is 5.91 Å². The van der Waals surface area contributed by atoms with E-state index in [-0.39, 0.29) is 30.5 Å². The monoisotopic (exact) mass is 497 g/mol. The van der Waals surface area contributed by atoms with Gasteiger partial charge in [0, 0.05) is 26.2 Å². The van der Waals surface area contributed by atoms with E-state index in [2.05, 4.69) is 5.16 Å². The van der Waals surface area contributed by atoms with Crippen LogP contribution in [0.25, 0.3) is 0 Å². The van der Waals surface area contributed by atoms with E-state index >= 15 is 0 Å². The van der Waals surface area contributed by atoms with Gasteiger partial charge in [-0.25, -0.2) is 9.18 Å². The van der Waals surface area contributed by atoms with Crippen LogP contribution in [0.15, 0.2) is 47.0 Å². The van der Waals surface area contributed by atoms with Crippen molar-refractivity contribution in [2.75, 3.05) is 44.8 Å². The first-order valence-corrected chi connectivity index (χ1v) is 11.5. The van der Waals surface area contributed by atoms with Crippen molar-refractivity contribution in [3.63, 3.8) is 0 Å². The number of ether oxygens (including phenoxy) is 3. The van der Waals surface area contributed by atoms with Gasteiger partial charge >= 0.3 is 5.97 Å². The van der Waals surface area contributed by atoms with E-state index < -0.39 is 5.97 Å². The third kappa shape index (κ3) is 5.59. The molecule has 1 aromatic heterocycles. The second-order valence-electron chi connectivity index (χ2n) is 8.35. The van der Waals surface area contributed by atoms with Crippen molar-refractivity contribution in [1.82, 2.24) is 10.1 Å². The third-order valence-corrected chi connectivity index (χ3v) is 6.10. The van der Waals surface area contributed by atoms with Gasteiger partial charge in [0.05, 0.1) is 29.6 Å². The van der Waals surface area contributed by atoms with E-state index in [1.807, 2.05) is 11.8 Å². The number of carbonyl (C=O) groups excluding carboxylic acids is 2. The summed E-state index contributed by atoms with van der Waals surface area (Å²) >= 11 is 0. The zero-order valence-corrected chi connectivity index (χ0v) is 20.5. The number of aromatic nitrogens is 1. The average molecular weight is 498 g/mol. The Kier molecular flexibility index (Phi) is 7.72. The number of para-hydroxylation sites is 1. The van der Waals surface area contributed by atoms with Crippen molar-refractivity contribution in [3.05, 3.63) is 70.9 Å². The molecule has 190 valence electrons. The van der Waals surface area contributed by atoms with E-state index in [4.69, 9.17) is 18.7 Å². The van der Waals surface area contributed by atoms with Crippen LogP contribution in [0.1, 0.15) is 27.4 Å². The molecule has 36 heavy (non-hydrogen) atoms. The van der Waals surface area contributed by atoms with Crippen LogP contribution in [-0.2, 0) is 16.1 Å². The first-order valence-electron chi connectivity index (χ1n) is 11.5. The molecular formula is C26H28FN3O6. The van der Waals surface area contributed by atoms with Crippen LogP contribution < -0.4 is 14.4 Å². The summed E-state index contributed by atoms with van der Waals surface area (Å²) in [6, 6.07) is 11.2. The molecule has 0 aliphatic carbocycles. The largest absolute Gasteiger partial charge is 0.493 e. The van der Waals surface area contributed by atoms with E-state index in [1.165, 1.54) is 19.2 Å². The van der Waals surface area contributed by atoms with E-state index in [1.54, 1.807) is 42.2 Å². The van der Waals surface area contributed by atoms with Crippen LogP contribution in [0.2, 0.25) is 0 Å². The number of nitrogens with zero attached hydrogens (tertiary/aromatic N) is 3. The Bertz CT molecular complexity index is 1220. The van der Waals surface area contributed by atoms with Crippen LogP contribution in [-0.4, -0.2) is 61.8 Å². The second-order valence-corrected chi connectivity index (χ2v) is 8.35. The van der Waals surface area contributed by atoms with Crippen molar-refractivity contribution >= 4 is 17.6 Å². The lowest BCUT2D eigenvalue weighted by Crippen LogP contribution is -2.50. The number of esters is 1. The van der Waals surface area contributed by atoms with Gasteiger partial charge in [-0.15, -0.1) is 0 Å². The smallest absolute Gasteiger partial charge is 0.338 e. The molecule has 1 aliphatic heterocycles. The number of piperazine rings is 1. The van der Waals surface area contributed by atoms with Gasteiger partial charge in [0.2, 0.25) is 0 Å². The molecule has 1 saturated heterocycles. The number of benzene rings is 2. The van der Waals surface area contributed by atoms with Gasteiger partial charge < -0.3 is 28.5 Å². The van der Waals surface area contributed by atoms with E-state index in [0.29, 0.717) is 49.1 Å². The van der Waals surface area contributed by atoms with Crippen LogP contribution in [0.4, 0.5) is 10.1 Å². The highest BCUT2D eigenvalue weighted by Crippen LogP contribution is 2.30. The minimum absolute atomic E-state index is 0.230. The maximum absolute atomic E-state index is 14.0. The van der Waals surface area contributed by atoms with Gasteiger partial charge in [0.15, 0.2) is 18.1 Å². The number of aryl methyl sites for hydroxylation is 2. The summed E-state index contributed by atoms with van der Waals surface area (Å²) in [6.07, 6.45) is 0. The van der Waals surface area contributed by atoms with Gasteiger partial charge in [0.1, 0.15) is 18.2 Å². The van der Waals surface area contributed by atoms with Gasteiger partial charge in [-0.1, -0.05) is 17.3 Å². The van der Waals surface area contributed by atoms with Crippen LogP contribution >= 0.6 is 0 Å². The summed E-state index contributed by atoms with van der Waals surface area (Å²) in [4.78, 5) is 28.6. The highest BCUT2D eigenvalue weighted by Gasteiger charge is 2.24. The number of hydrogen-bond acceptors (Lipinski definition) is 8. The first kappa shape index (κ1) is 25.0. The maximum atomic E-state index is 14.0. The summed E-state index contributed by atoms with van der Waals surface area (Å²) in [5, 5.41) is 3.90. The molecule has 0 unspecified atom stereocenters. The lowest BCUT2D eigenvalue weighted by Gasteiger charge is -2.36. The number of methoxy groups -OCH3 is 1. The lowest BCUT2D eigenvalue weighted by atomic mass is 10.2. The molecule has 1 fully saturated rings. The normalized spacial score (nSPS) is 13.4. The van der Waals surface area contributed by atoms with Crippen LogP contribution in [0.3, 0.4) is 0 Å². The zero-order valence-electron chi connectivity index (χ0n) is 20.5. The summed E-state index contributed by atoms with van der Waals surface area (Å²) < 4.78 is 35.6. The minimum atomic E-state index is -0.649. The molecule has 0 saturated carbocycles. The molecule has 0 atom stereocenters. The summed E-state index contributed by atoms with van der Waals surface area (Å²) in [5.74, 6) is 0.225. The molecule has 10 heteroatoms. The summed E-state index contributed by atoms with van der Waals surface area (Å²) in [7, 11) is 1.47. The topological polar surface area (TPSA) is 94.3 Å². The number of rotatable bonds is 8. The molecule has 2 heterocycles. The number of halogens is 1. The quantitative estimate of drug-likeness (QED) is 0.437. The Morgan fingerprint density at radius 1 is 1.06 bits per heavy atom. The molecule has 3 aromatic rings. The average Bonchev–Trinajstić information content (AvgIpc) is 3.22. The highest BCUT2D eigenvalue weighted by atomic mass is 19.1. The Balaban J connectivity index is 1.29. The van der Waals surface area contributed by atoms with E-state index in [9.17, 15) is 14.0 Å².